The van der Waals surface area contributed by atoms with Gasteiger partial charge in [-0.15, -0.1) is 0 Å². The van der Waals surface area contributed by atoms with Crippen molar-refractivity contribution in [2.75, 3.05) is 19.6 Å². The molecule has 0 radical (unpaired) electrons. The number of rotatable bonds is 8. The molecule has 1 saturated carbocycles. The second-order valence-corrected chi connectivity index (χ2v) is 5.56. The molecular formula is C14H28N2. The topological polar surface area (TPSA) is 15.3 Å². The molecule has 1 saturated heterocycles. The number of unbranched alkanes of at least 4 members (excludes halogenated alkanes) is 1. The zero-order valence-corrected chi connectivity index (χ0v) is 10.9. The van der Waals surface area contributed by atoms with Crippen molar-refractivity contribution in [3.63, 3.8) is 0 Å². The largest absolute Gasteiger partial charge is 0.314 e. The Labute approximate surface area is 101 Å². The summed E-state index contributed by atoms with van der Waals surface area (Å²) in [6.07, 6.45) is 11.3. The summed E-state index contributed by atoms with van der Waals surface area (Å²) in [5, 5.41) is 3.60. The van der Waals surface area contributed by atoms with Gasteiger partial charge in [-0.1, -0.05) is 13.3 Å². The smallest absolute Gasteiger partial charge is 0.00964 e. The first-order valence-electron chi connectivity index (χ1n) is 7.37. The van der Waals surface area contributed by atoms with E-state index in [1.807, 2.05) is 0 Å². The molecule has 1 heterocycles. The van der Waals surface area contributed by atoms with Crippen molar-refractivity contribution in [3.8, 4) is 0 Å². The van der Waals surface area contributed by atoms with Gasteiger partial charge >= 0.3 is 0 Å². The summed E-state index contributed by atoms with van der Waals surface area (Å²) in [5.41, 5.74) is 0. The van der Waals surface area contributed by atoms with Crippen molar-refractivity contribution < 1.29 is 0 Å². The highest BCUT2D eigenvalue weighted by atomic mass is 15.2. The van der Waals surface area contributed by atoms with E-state index >= 15 is 0 Å². The Morgan fingerprint density at radius 3 is 2.56 bits per heavy atom. The van der Waals surface area contributed by atoms with Crippen LogP contribution in [-0.4, -0.2) is 36.6 Å². The van der Waals surface area contributed by atoms with Crippen LogP contribution in [0, 0.1) is 0 Å². The van der Waals surface area contributed by atoms with E-state index in [1.165, 1.54) is 71.0 Å². The third kappa shape index (κ3) is 4.06. The van der Waals surface area contributed by atoms with E-state index in [4.69, 9.17) is 0 Å². The minimum atomic E-state index is 0.840. The highest BCUT2D eigenvalue weighted by Crippen LogP contribution is 2.27. The summed E-state index contributed by atoms with van der Waals surface area (Å²) < 4.78 is 0. The van der Waals surface area contributed by atoms with Crippen LogP contribution in [0.2, 0.25) is 0 Å². The standard InChI is InChI=1S/C14H28N2/c1-2-3-11-16(14-8-9-14)12-5-7-13-6-4-10-15-13/h13-15H,2-12H2,1H3. The maximum atomic E-state index is 3.60. The lowest BCUT2D eigenvalue weighted by Crippen LogP contribution is -2.30. The van der Waals surface area contributed by atoms with Crippen LogP contribution in [-0.2, 0) is 0 Å². The van der Waals surface area contributed by atoms with Gasteiger partial charge in [-0.2, -0.15) is 0 Å². The molecule has 0 spiro atoms. The van der Waals surface area contributed by atoms with Gasteiger partial charge < -0.3 is 10.2 Å². The Morgan fingerprint density at radius 2 is 1.94 bits per heavy atom. The molecule has 2 fully saturated rings. The normalized spacial score (nSPS) is 25.5. The molecule has 2 aliphatic rings. The SMILES string of the molecule is CCCCN(CCCC1CCCN1)C1CC1. The molecule has 1 atom stereocenters. The van der Waals surface area contributed by atoms with E-state index in [0.717, 1.165) is 12.1 Å². The zero-order chi connectivity index (χ0) is 11.2. The van der Waals surface area contributed by atoms with Gasteiger partial charge in [0.2, 0.25) is 0 Å². The average molecular weight is 224 g/mol. The van der Waals surface area contributed by atoms with E-state index in [-0.39, 0.29) is 0 Å². The van der Waals surface area contributed by atoms with Gasteiger partial charge in [0.05, 0.1) is 0 Å². The molecule has 0 aromatic heterocycles. The van der Waals surface area contributed by atoms with Crippen LogP contribution in [0.25, 0.3) is 0 Å². The molecule has 2 rings (SSSR count). The number of hydrogen-bond acceptors (Lipinski definition) is 2. The number of nitrogens with one attached hydrogen (secondary N) is 1. The van der Waals surface area contributed by atoms with Crippen LogP contribution in [0.5, 0.6) is 0 Å². The lowest BCUT2D eigenvalue weighted by Gasteiger charge is -2.22. The average Bonchev–Trinajstić information content (AvgIpc) is 3.01. The van der Waals surface area contributed by atoms with Crippen molar-refractivity contribution >= 4 is 0 Å². The number of nitrogens with zero attached hydrogens (tertiary/aromatic N) is 1. The summed E-state index contributed by atoms with van der Waals surface area (Å²) in [7, 11) is 0. The molecule has 0 aromatic carbocycles. The van der Waals surface area contributed by atoms with Gasteiger partial charge in [0, 0.05) is 12.1 Å². The second kappa shape index (κ2) is 6.61. The summed E-state index contributed by atoms with van der Waals surface area (Å²) >= 11 is 0. The lowest BCUT2D eigenvalue weighted by molar-refractivity contribution is 0.250. The van der Waals surface area contributed by atoms with Crippen LogP contribution in [0.15, 0.2) is 0 Å². The van der Waals surface area contributed by atoms with Crippen LogP contribution >= 0.6 is 0 Å². The third-order valence-electron chi connectivity index (χ3n) is 4.02. The van der Waals surface area contributed by atoms with Crippen molar-refractivity contribution in [3.05, 3.63) is 0 Å². The van der Waals surface area contributed by atoms with E-state index in [1.54, 1.807) is 0 Å². The Bertz CT molecular complexity index is 183. The Hall–Kier alpha value is -0.0800. The van der Waals surface area contributed by atoms with Gasteiger partial charge in [-0.3, -0.25) is 0 Å². The van der Waals surface area contributed by atoms with Crippen molar-refractivity contribution in [1.29, 1.82) is 0 Å². The second-order valence-electron chi connectivity index (χ2n) is 5.56. The van der Waals surface area contributed by atoms with Gasteiger partial charge in [0.25, 0.3) is 0 Å². The monoisotopic (exact) mass is 224 g/mol. The highest BCUT2D eigenvalue weighted by molar-refractivity contribution is 4.84. The zero-order valence-electron chi connectivity index (χ0n) is 10.9. The quantitative estimate of drug-likeness (QED) is 0.682. The maximum Gasteiger partial charge on any atom is 0.00964 e. The van der Waals surface area contributed by atoms with Gasteiger partial charge in [0.1, 0.15) is 0 Å². The first-order valence-corrected chi connectivity index (χ1v) is 7.37. The predicted octanol–water partition coefficient (Wildman–Crippen LogP) is 2.78. The van der Waals surface area contributed by atoms with Crippen LogP contribution in [0.3, 0.4) is 0 Å². The van der Waals surface area contributed by atoms with Crippen molar-refractivity contribution in [2.24, 2.45) is 0 Å². The highest BCUT2D eigenvalue weighted by Gasteiger charge is 2.28. The fraction of sp³-hybridized carbons (Fsp3) is 1.00. The first kappa shape index (κ1) is 12.4. The van der Waals surface area contributed by atoms with E-state index in [0.29, 0.717) is 0 Å². The van der Waals surface area contributed by atoms with Crippen LogP contribution < -0.4 is 5.32 Å². The predicted molar refractivity (Wildman–Crippen MR) is 69.8 cm³/mol. The summed E-state index contributed by atoms with van der Waals surface area (Å²) in [6.45, 7) is 6.25. The molecule has 94 valence electrons. The van der Waals surface area contributed by atoms with E-state index < -0.39 is 0 Å². The third-order valence-corrected chi connectivity index (χ3v) is 4.02. The van der Waals surface area contributed by atoms with Crippen LogP contribution in [0.1, 0.15) is 58.3 Å². The Morgan fingerprint density at radius 1 is 1.12 bits per heavy atom. The molecule has 0 amide bonds. The summed E-state index contributed by atoms with van der Waals surface area (Å²) in [6, 6.07) is 1.80. The first-order chi connectivity index (χ1) is 7.90. The minimum Gasteiger partial charge on any atom is -0.314 e. The van der Waals surface area contributed by atoms with E-state index in [2.05, 4.69) is 17.1 Å². The fourth-order valence-corrected chi connectivity index (χ4v) is 2.82. The molecule has 2 heteroatoms. The molecule has 1 N–H and O–H groups in total. The summed E-state index contributed by atoms with van der Waals surface area (Å²) in [4.78, 5) is 2.75. The van der Waals surface area contributed by atoms with Gasteiger partial charge in [-0.25, -0.2) is 0 Å². The molecule has 16 heavy (non-hydrogen) atoms. The minimum absolute atomic E-state index is 0.840. The molecule has 1 aliphatic carbocycles. The molecule has 1 unspecified atom stereocenters. The molecule has 1 aliphatic heterocycles. The van der Waals surface area contributed by atoms with Crippen molar-refractivity contribution in [1.82, 2.24) is 10.2 Å². The van der Waals surface area contributed by atoms with Crippen molar-refractivity contribution in [2.45, 2.75) is 70.4 Å². The van der Waals surface area contributed by atoms with Crippen LogP contribution in [0.4, 0.5) is 0 Å². The van der Waals surface area contributed by atoms with E-state index in [9.17, 15) is 0 Å². The molecule has 0 bridgehead atoms. The summed E-state index contributed by atoms with van der Waals surface area (Å²) in [5.74, 6) is 0. The number of hydrogen-bond donors (Lipinski definition) is 1. The maximum absolute atomic E-state index is 3.60. The Balaban J connectivity index is 1.57. The van der Waals surface area contributed by atoms with Gasteiger partial charge in [0.15, 0.2) is 0 Å². The molecule has 2 nitrogen and oxygen atoms in total. The molecular weight excluding hydrogens is 196 g/mol. The molecule has 0 aromatic rings. The lowest BCUT2D eigenvalue weighted by atomic mass is 10.1. The fourth-order valence-electron chi connectivity index (χ4n) is 2.82. The van der Waals surface area contributed by atoms with Gasteiger partial charge in [-0.05, 0) is 64.6 Å². The Kier molecular flexibility index (Phi) is 5.11.